The van der Waals surface area contributed by atoms with E-state index in [0.29, 0.717) is 12.0 Å². The maximum absolute atomic E-state index is 12.0. The molecule has 0 saturated carbocycles. The molecule has 1 aromatic carbocycles. The Morgan fingerprint density at radius 1 is 1.23 bits per heavy atom. The van der Waals surface area contributed by atoms with E-state index < -0.39 is 0 Å². The molecule has 146 valence electrons. The minimum Gasteiger partial charge on any atom is -0.355 e. The summed E-state index contributed by atoms with van der Waals surface area (Å²) in [6, 6.07) is 10.2. The van der Waals surface area contributed by atoms with Crippen molar-refractivity contribution in [3.63, 3.8) is 0 Å². The van der Waals surface area contributed by atoms with Crippen LogP contribution in [-0.4, -0.2) is 56.0 Å². The number of hydrogen-bond donors (Lipinski definition) is 3. The van der Waals surface area contributed by atoms with E-state index in [9.17, 15) is 4.79 Å². The van der Waals surface area contributed by atoms with Crippen molar-refractivity contribution in [2.75, 3.05) is 38.5 Å². The summed E-state index contributed by atoms with van der Waals surface area (Å²) in [5.41, 5.74) is 0.799. The quantitative estimate of drug-likeness (QED) is 0.324. The van der Waals surface area contributed by atoms with Gasteiger partial charge in [0.05, 0.1) is 6.54 Å². The Labute approximate surface area is 174 Å². The second-order valence-electron chi connectivity index (χ2n) is 6.36. The first-order valence-electron chi connectivity index (χ1n) is 9.26. The topological polar surface area (TPSA) is 68.8 Å². The second kappa shape index (κ2) is 12.9. The number of aliphatic imine (C=N–C) groups is 1. The standard InChI is InChI=1S/C19H31N5O.HI/c1-3-17-11-7-8-13-24(17)14-12-21-19(20-2)22-15-18(25)23-16-9-5-4-6-10-16;/h4-6,9-10,17H,3,7-8,11-15H2,1-2H3,(H,23,25)(H2,20,21,22);1H. The average molecular weight is 473 g/mol. The number of para-hydroxylation sites is 1. The van der Waals surface area contributed by atoms with Crippen molar-refractivity contribution in [3.8, 4) is 0 Å². The number of guanidine groups is 1. The highest BCUT2D eigenvalue weighted by Crippen LogP contribution is 2.18. The van der Waals surface area contributed by atoms with Gasteiger partial charge in [0, 0.05) is 31.9 Å². The predicted octanol–water partition coefficient (Wildman–Crippen LogP) is 2.67. The van der Waals surface area contributed by atoms with E-state index in [1.807, 2.05) is 30.3 Å². The van der Waals surface area contributed by atoms with E-state index in [-0.39, 0.29) is 36.4 Å². The van der Waals surface area contributed by atoms with E-state index >= 15 is 0 Å². The minimum absolute atomic E-state index is 0. The van der Waals surface area contributed by atoms with Crippen LogP contribution in [0.15, 0.2) is 35.3 Å². The lowest BCUT2D eigenvalue weighted by atomic mass is 10.0. The molecule has 1 fully saturated rings. The number of hydrogen-bond acceptors (Lipinski definition) is 3. The molecule has 1 aliphatic heterocycles. The zero-order chi connectivity index (χ0) is 17.9. The number of amides is 1. The molecule has 0 spiro atoms. The smallest absolute Gasteiger partial charge is 0.243 e. The second-order valence-corrected chi connectivity index (χ2v) is 6.36. The van der Waals surface area contributed by atoms with Gasteiger partial charge in [-0.25, -0.2) is 0 Å². The fourth-order valence-electron chi connectivity index (χ4n) is 3.25. The van der Waals surface area contributed by atoms with Gasteiger partial charge in [-0.1, -0.05) is 31.5 Å². The molecule has 2 rings (SSSR count). The fourth-order valence-corrected chi connectivity index (χ4v) is 3.25. The number of rotatable bonds is 7. The molecule has 1 amide bonds. The number of benzene rings is 1. The Bertz CT molecular complexity index is 552. The Balaban J connectivity index is 0.00000338. The summed E-state index contributed by atoms with van der Waals surface area (Å²) in [6.07, 6.45) is 5.17. The summed E-state index contributed by atoms with van der Waals surface area (Å²) >= 11 is 0. The van der Waals surface area contributed by atoms with Crippen molar-refractivity contribution in [1.29, 1.82) is 0 Å². The third kappa shape index (κ3) is 7.90. The molecule has 0 bridgehead atoms. The van der Waals surface area contributed by atoms with Gasteiger partial charge in [-0.3, -0.25) is 14.7 Å². The largest absolute Gasteiger partial charge is 0.355 e. The number of likely N-dealkylation sites (tertiary alicyclic amines) is 1. The first-order chi connectivity index (χ1) is 12.2. The monoisotopic (exact) mass is 473 g/mol. The molecule has 1 aliphatic rings. The van der Waals surface area contributed by atoms with Crippen molar-refractivity contribution in [2.45, 2.75) is 38.6 Å². The molecule has 0 aromatic heterocycles. The summed E-state index contributed by atoms with van der Waals surface area (Å²) in [4.78, 5) is 18.7. The molecule has 0 radical (unpaired) electrons. The highest BCUT2D eigenvalue weighted by atomic mass is 127. The molecule has 0 aliphatic carbocycles. The van der Waals surface area contributed by atoms with Crippen LogP contribution < -0.4 is 16.0 Å². The van der Waals surface area contributed by atoms with E-state index in [1.54, 1.807) is 7.05 Å². The number of carbonyl (C=O) groups is 1. The van der Waals surface area contributed by atoms with Gasteiger partial charge in [0.25, 0.3) is 0 Å². The lowest BCUT2D eigenvalue weighted by Gasteiger charge is -2.35. The van der Waals surface area contributed by atoms with Gasteiger partial charge in [0.1, 0.15) is 0 Å². The highest BCUT2D eigenvalue weighted by molar-refractivity contribution is 14.0. The molecule has 1 saturated heterocycles. The van der Waals surface area contributed by atoms with Gasteiger partial charge in [0.15, 0.2) is 5.96 Å². The van der Waals surface area contributed by atoms with Crippen LogP contribution in [0.3, 0.4) is 0 Å². The molecule has 3 N–H and O–H groups in total. The van der Waals surface area contributed by atoms with Crippen LogP contribution >= 0.6 is 24.0 Å². The molecule has 26 heavy (non-hydrogen) atoms. The first-order valence-corrected chi connectivity index (χ1v) is 9.26. The van der Waals surface area contributed by atoms with Gasteiger partial charge in [-0.05, 0) is 37.9 Å². The summed E-state index contributed by atoms with van der Waals surface area (Å²) < 4.78 is 0. The Kier molecular flexibility index (Phi) is 11.3. The molecular weight excluding hydrogens is 441 g/mol. The van der Waals surface area contributed by atoms with Crippen LogP contribution in [0.5, 0.6) is 0 Å². The van der Waals surface area contributed by atoms with E-state index in [4.69, 9.17) is 0 Å². The van der Waals surface area contributed by atoms with Crippen LogP contribution in [-0.2, 0) is 4.79 Å². The number of carbonyl (C=O) groups excluding carboxylic acids is 1. The molecule has 1 atom stereocenters. The van der Waals surface area contributed by atoms with Gasteiger partial charge in [-0.2, -0.15) is 0 Å². The normalized spacial score (nSPS) is 17.9. The van der Waals surface area contributed by atoms with E-state index in [1.165, 1.54) is 32.2 Å². The number of nitrogens with zero attached hydrogens (tertiary/aromatic N) is 2. The summed E-state index contributed by atoms with van der Waals surface area (Å²) in [5, 5.41) is 9.21. The highest BCUT2D eigenvalue weighted by Gasteiger charge is 2.19. The van der Waals surface area contributed by atoms with Crippen LogP contribution in [0.2, 0.25) is 0 Å². The first kappa shape index (κ1) is 22.7. The number of nitrogens with one attached hydrogen (secondary N) is 3. The lowest BCUT2D eigenvalue weighted by molar-refractivity contribution is -0.115. The molecule has 7 heteroatoms. The number of anilines is 1. The molecular formula is C19H32IN5O. The zero-order valence-electron chi connectivity index (χ0n) is 15.8. The molecule has 1 aromatic rings. The van der Waals surface area contributed by atoms with Crippen molar-refractivity contribution >= 4 is 41.5 Å². The Hall–Kier alpha value is -1.35. The van der Waals surface area contributed by atoms with Gasteiger partial charge < -0.3 is 16.0 Å². The fraction of sp³-hybridized carbons (Fsp3) is 0.579. The van der Waals surface area contributed by atoms with Crippen molar-refractivity contribution in [1.82, 2.24) is 15.5 Å². The van der Waals surface area contributed by atoms with Gasteiger partial charge in [0.2, 0.25) is 5.91 Å². The lowest BCUT2D eigenvalue weighted by Crippen LogP contribution is -2.47. The number of piperidine rings is 1. The van der Waals surface area contributed by atoms with Crippen LogP contribution in [0.4, 0.5) is 5.69 Å². The summed E-state index contributed by atoms with van der Waals surface area (Å²) in [6.45, 7) is 5.48. The van der Waals surface area contributed by atoms with Gasteiger partial charge >= 0.3 is 0 Å². The molecule has 1 heterocycles. The van der Waals surface area contributed by atoms with E-state index in [2.05, 4.69) is 32.8 Å². The maximum atomic E-state index is 12.0. The van der Waals surface area contributed by atoms with Crippen LogP contribution in [0.25, 0.3) is 0 Å². The Morgan fingerprint density at radius 2 is 2.00 bits per heavy atom. The molecule has 1 unspecified atom stereocenters. The van der Waals surface area contributed by atoms with E-state index in [0.717, 1.165) is 18.8 Å². The third-order valence-electron chi connectivity index (χ3n) is 4.61. The maximum Gasteiger partial charge on any atom is 0.243 e. The molecule has 6 nitrogen and oxygen atoms in total. The summed E-state index contributed by atoms with van der Waals surface area (Å²) in [5.74, 6) is 0.574. The van der Waals surface area contributed by atoms with Crippen molar-refractivity contribution in [3.05, 3.63) is 30.3 Å². The Morgan fingerprint density at radius 3 is 2.69 bits per heavy atom. The van der Waals surface area contributed by atoms with Crippen molar-refractivity contribution in [2.24, 2.45) is 4.99 Å². The van der Waals surface area contributed by atoms with Crippen LogP contribution in [0.1, 0.15) is 32.6 Å². The average Bonchev–Trinajstić information content (AvgIpc) is 2.65. The number of halogens is 1. The SMILES string of the molecule is CCC1CCCCN1CCNC(=NC)NCC(=O)Nc1ccccc1.I. The predicted molar refractivity (Wildman–Crippen MR) is 119 cm³/mol. The zero-order valence-corrected chi connectivity index (χ0v) is 18.2. The summed E-state index contributed by atoms with van der Waals surface area (Å²) in [7, 11) is 1.72. The minimum atomic E-state index is -0.0868. The third-order valence-corrected chi connectivity index (χ3v) is 4.61. The van der Waals surface area contributed by atoms with Crippen molar-refractivity contribution < 1.29 is 4.79 Å². The van der Waals surface area contributed by atoms with Gasteiger partial charge in [-0.15, -0.1) is 24.0 Å². The van der Waals surface area contributed by atoms with Crippen LogP contribution in [0, 0.1) is 0 Å².